The molecule has 1 amide bonds. The first kappa shape index (κ1) is 16.7. The molecule has 0 bridgehead atoms. The summed E-state index contributed by atoms with van der Waals surface area (Å²) in [6, 6.07) is 7.62. The van der Waals surface area contributed by atoms with Crippen molar-refractivity contribution in [1.82, 2.24) is 20.5 Å². The van der Waals surface area contributed by atoms with Gasteiger partial charge in [-0.05, 0) is 30.5 Å². The molecule has 0 atom stereocenters. The molecule has 0 radical (unpaired) electrons. The molecule has 0 aliphatic heterocycles. The summed E-state index contributed by atoms with van der Waals surface area (Å²) in [7, 11) is 1.34. The van der Waals surface area contributed by atoms with Crippen LogP contribution in [0.5, 0.6) is 0 Å². The predicted octanol–water partition coefficient (Wildman–Crippen LogP) is 2.60. The highest BCUT2D eigenvalue weighted by atomic mass is 16.5. The number of aromatic nitrogens is 3. The van der Waals surface area contributed by atoms with Gasteiger partial charge in [0.25, 0.3) is 0 Å². The molecular formula is C16H21N5O2. The van der Waals surface area contributed by atoms with E-state index in [9.17, 15) is 4.79 Å². The molecule has 7 nitrogen and oxygen atoms in total. The number of nitrogens with zero attached hydrogens (tertiary/aromatic N) is 3. The van der Waals surface area contributed by atoms with Crippen LogP contribution in [0.15, 0.2) is 24.3 Å². The topological polar surface area (TPSA) is 89.0 Å². The molecule has 1 aromatic carbocycles. The average molecular weight is 315 g/mol. The van der Waals surface area contributed by atoms with Gasteiger partial charge in [-0.25, -0.2) is 9.78 Å². The fraction of sp³-hybridized carbons (Fsp3) is 0.375. The number of anilines is 2. The van der Waals surface area contributed by atoms with E-state index >= 15 is 0 Å². The van der Waals surface area contributed by atoms with Crippen LogP contribution in [0.4, 0.5) is 16.4 Å². The maximum atomic E-state index is 11.0. The zero-order valence-corrected chi connectivity index (χ0v) is 13.6. The normalized spacial score (nSPS) is 10.2. The smallest absolute Gasteiger partial charge is 0.407 e. The lowest BCUT2D eigenvalue weighted by atomic mass is 10.2. The van der Waals surface area contributed by atoms with Crippen LogP contribution in [0.25, 0.3) is 0 Å². The van der Waals surface area contributed by atoms with Crippen molar-refractivity contribution in [2.45, 2.75) is 33.2 Å². The van der Waals surface area contributed by atoms with Crippen LogP contribution in [0, 0.1) is 0 Å². The lowest BCUT2D eigenvalue weighted by Crippen LogP contribution is -2.22. The number of carbonyl (C=O) groups excluding carboxylic acids is 1. The molecule has 2 aromatic rings. The molecule has 0 saturated carbocycles. The molecule has 1 aromatic heterocycles. The lowest BCUT2D eigenvalue weighted by Gasteiger charge is -2.09. The summed E-state index contributed by atoms with van der Waals surface area (Å²) < 4.78 is 4.53. The van der Waals surface area contributed by atoms with Crippen molar-refractivity contribution in [1.29, 1.82) is 0 Å². The highest BCUT2D eigenvalue weighted by Gasteiger charge is 2.06. The van der Waals surface area contributed by atoms with Gasteiger partial charge in [0, 0.05) is 12.2 Å². The second-order valence-electron chi connectivity index (χ2n) is 4.90. The minimum absolute atomic E-state index is 0.413. The molecule has 0 unspecified atom stereocenters. The van der Waals surface area contributed by atoms with Crippen LogP contribution in [0.1, 0.15) is 30.8 Å². The third kappa shape index (κ3) is 4.64. The Morgan fingerprint density at radius 3 is 2.39 bits per heavy atom. The monoisotopic (exact) mass is 315 g/mol. The highest BCUT2D eigenvalue weighted by molar-refractivity contribution is 5.67. The van der Waals surface area contributed by atoms with E-state index in [1.54, 1.807) is 0 Å². The minimum atomic E-state index is -0.449. The molecule has 2 rings (SSSR count). The van der Waals surface area contributed by atoms with Gasteiger partial charge in [-0.3, -0.25) is 0 Å². The molecule has 7 heteroatoms. The maximum absolute atomic E-state index is 11.0. The lowest BCUT2D eigenvalue weighted by molar-refractivity contribution is 0.170. The Morgan fingerprint density at radius 1 is 1.09 bits per heavy atom. The summed E-state index contributed by atoms with van der Waals surface area (Å²) in [6.45, 7) is 4.51. The first-order valence-electron chi connectivity index (χ1n) is 7.56. The largest absolute Gasteiger partial charge is 0.453 e. The van der Waals surface area contributed by atoms with Crippen LogP contribution >= 0.6 is 0 Å². The van der Waals surface area contributed by atoms with Crippen molar-refractivity contribution in [3.63, 3.8) is 0 Å². The molecule has 122 valence electrons. The summed E-state index contributed by atoms with van der Waals surface area (Å²) in [4.78, 5) is 15.5. The Hall–Kier alpha value is -2.70. The first-order chi connectivity index (χ1) is 11.2. The third-order valence-corrected chi connectivity index (χ3v) is 3.34. The van der Waals surface area contributed by atoms with Crippen LogP contribution in [0.2, 0.25) is 0 Å². The fourth-order valence-corrected chi connectivity index (χ4v) is 2.07. The Bertz CT molecular complexity index is 658. The van der Waals surface area contributed by atoms with Gasteiger partial charge in [0.2, 0.25) is 5.95 Å². The number of hydrogen-bond donors (Lipinski definition) is 2. The molecule has 0 saturated heterocycles. The van der Waals surface area contributed by atoms with Gasteiger partial charge in [-0.15, -0.1) is 10.2 Å². The van der Waals surface area contributed by atoms with Crippen molar-refractivity contribution in [2.24, 2.45) is 0 Å². The number of benzene rings is 1. The Labute approximate surface area is 135 Å². The first-order valence-corrected chi connectivity index (χ1v) is 7.56. The van der Waals surface area contributed by atoms with E-state index in [0.29, 0.717) is 12.5 Å². The number of methoxy groups -OCH3 is 1. The summed E-state index contributed by atoms with van der Waals surface area (Å²) in [5.74, 6) is 0.486. The summed E-state index contributed by atoms with van der Waals surface area (Å²) in [5.41, 5.74) is 3.72. The molecular weight excluding hydrogens is 294 g/mol. The van der Waals surface area contributed by atoms with E-state index < -0.39 is 6.09 Å². The second kappa shape index (κ2) is 8.07. The maximum Gasteiger partial charge on any atom is 0.407 e. The van der Waals surface area contributed by atoms with Crippen molar-refractivity contribution in [3.05, 3.63) is 41.2 Å². The number of aryl methyl sites for hydroxylation is 2. The van der Waals surface area contributed by atoms with Crippen LogP contribution in [-0.4, -0.2) is 28.4 Å². The van der Waals surface area contributed by atoms with Crippen LogP contribution < -0.4 is 10.6 Å². The van der Waals surface area contributed by atoms with Gasteiger partial charge < -0.3 is 15.4 Å². The number of ether oxygens (including phenoxy) is 1. The van der Waals surface area contributed by atoms with Crippen molar-refractivity contribution in [3.8, 4) is 0 Å². The number of alkyl carbamates (subject to hydrolysis) is 1. The summed E-state index contributed by atoms with van der Waals surface area (Å²) >= 11 is 0. The zero-order chi connectivity index (χ0) is 16.7. The minimum Gasteiger partial charge on any atom is -0.453 e. The number of nitrogens with one attached hydrogen (secondary N) is 2. The molecule has 0 fully saturated rings. The van der Waals surface area contributed by atoms with E-state index in [-0.39, 0.29) is 0 Å². The molecule has 0 aliphatic rings. The van der Waals surface area contributed by atoms with Crippen molar-refractivity contribution in [2.75, 3.05) is 12.4 Å². The molecule has 2 N–H and O–H groups in total. The van der Waals surface area contributed by atoms with Gasteiger partial charge in [0.15, 0.2) is 0 Å². The van der Waals surface area contributed by atoms with Gasteiger partial charge >= 0.3 is 6.09 Å². The van der Waals surface area contributed by atoms with E-state index in [0.717, 1.165) is 35.5 Å². The number of amides is 1. The van der Waals surface area contributed by atoms with E-state index in [1.165, 1.54) is 7.11 Å². The number of rotatable bonds is 6. The molecule has 0 aliphatic carbocycles. The van der Waals surface area contributed by atoms with E-state index in [2.05, 4.69) is 37.5 Å². The Balaban J connectivity index is 2.02. The molecule has 23 heavy (non-hydrogen) atoms. The number of carbonyl (C=O) groups is 1. The van der Waals surface area contributed by atoms with Gasteiger partial charge in [0.1, 0.15) is 0 Å². The van der Waals surface area contributed by atoms with Crippen LogP contribution in [-0.2, 0) is 24.1 Å². The molecule has 0 spiro atoms. The van der Waals surface area contributed by atoms with Gasteiger partial charge in [-0.1, -0.05) is 26.0 Å². The average Bonchev–Trinajstić information content (AvgIpc) is 2.60. The third-order valence-electron chi connectivity index (χ3n) is 3.34. The van der Waals surface area contributed by atoms with Gasteiger partial charge in [-0.2, -0.15) is 0 Å². The fourth-order valence-electron chi connectivity index (χ4n) is 2.07. The Morgan fingerprint density at radius 2 is 1.78 bits per heavy atom. The highest BCUT2D eigenvalue weighted by Crippen LogP contribution is 2.15. The zero-order valence-electron chi connectivity index (χ0n) is 13.6. The van der Waals surface area contributed by atoms with E-state index in [4.69, 9.17) is 0 Å². The second-order valence-corrected chi connectivity index (χ2v) is 4.90. The van der Waals surface area contributed by atoms with Crippen molar-refractivity contribution < 1.29 is 9.53 Å². The standard InChI is InChI=1S/C16H21N5O2/c1-4-13-14(5-2)20-21-15(19-13)18-12-8-6-11(7-9-12)10-17-16(22)23-3/h6-9H,4-5,10H2,1-3H3,(H,17,22)(H,18,19,21). The Kier molecular flexibility index (Phi) is 5.85. The predicted molar refractivity (Wildman–Crippen MR) is 87.6 cm³/mol. The number of hydrogen-bond acceptors (Lipinski definition) is 6. The molecule has 1 heterocycles. The quantitative estimate of drug-likeness (QED) is 0.851. The van der Waals surface area contributed by atoms with E-state index in [1.807, 2.05) is 31.2 Å². The van der Waals surface area contributed by atoms with Gasteiger partial charge in [0.05, 0.1) is 18.5 Å². The van der Waals surface area contributed by atoms with Crippen molar-refractivity contribution >= 4 is 17.7 Å². The SMILES string of the molecule is CCc1nnc(Nc2ccc(CNC(=O)OC)cc2)nc1CC. The summed E-state index contributed by atoms with van der Waals surface area (Å²) in [5, 5.41) is 14.1. The van der Waals surface area contributed by atoms with Crippen LogP contribution in [0.3, 0.4) is 0 Å². The summed E-state index contributed by atoms with van der Waals surface area (Å²) in [6.07, 6.45) is 1.20.